The minimum Gasteiger partial charge on any atom is -0.484 e. The maximum Gasteiger partial charge on any atom is 0.344 e. The van der Waals surface area contributed by atoms with E-state index < -0.39 is 5.63 Å². The van der Waals surface area contributed by atoms with E-state index in [1.165, 1.54) is 0 Å². The summed E-state index contributed by atoms with van der Waals surface area (Å²) in [5.74, 6) is 0.293. The third-order valence-corrected chi connectivity index (χ3v) is 4.61. The predicted octanol–water partition coefficient (Wildman–Crippen LogP) is 5.13. The van der Waals surface area contributed by atoms with E-state index in [4.69, 9.17) is 20.8 Å². The molecule has 29 heavy (non-hydrogen) atoms. The highest BCUT2D eigenvalue weighted by molar-refractivity contribution is 6.33. The summed E-state index contributed by atoms with van der Waals surface area (Å²) >= 11 is 6.38. The standard InChI is InChI=1S/C23H16ClNO4/c24-20-13-16(25-22(26)14-28-17-7-2-1-3-8-17)10-11-18(20)19-12-15-6-4-5-9-21(15)29-23(19)27/h1-13H,14H2,(H,25,26). The summed E-state index contributed by atoms with van der Waals surface area (Å²) in [7, 11) is 0. The monoisotopic (exact) mass is 405 g/mol. The Morgan fingerprint density at radius 3 is 2.48 bits per heavy atom. The van der Waals surface area contributed by atoms with Crippen molar-refractivity contribution in [3.63, 3.8) is 0 Å². The molecule has 4 aromatic rings. The third kappa shape index (κ3) is 4.31. The molecule has 1 amide bonds. The Morgan fingerprint density at radius 2 is 1.69 bits per heavy atom. The second-order valence-electron chi connectivity index (χ2n) is 6.33. The normalized spacial score (nSPS) is 10.7. The van der Waals surface area contributed by atoms with Gasteiger partial charge < -0.3 is 14.5 Å². The molecular weight excluding hydrogens is 390 g/mol. The highest BCUT2D eigenvalue weighted by Crippen LogP contribution is 2.30. The van der Waals surface area contributed by atoms with Crippen LogP contribution in [-0.2, 0) is 4.79 Å². The predicted molar refractivity (Wildman–Crippen MR) is 113 cm³/mol. The van der Waals surface area contributed by atoms with Crippen LogP contribution in [0.4, 0.5) is 5.69 Å². The lowest BCUT2D eigenvalue weighted by Crippen LogP contribution is -2.20. The fraction of sp³-hybridized carbons (Fsp3) is 0.0435. The van der Waals surface area contributed by atoms with Gasteiger partial charge in [-0.2, -0.15) is 0 Å². The second-order valence-corrected chi connectivity index (χ2v) is 6.74. The maximum atomic E-state index is 12.4. The van der Waals surface area contributed by atoms with Gasteiger partial charge in [-0.1, -0.05) is 54.1 Å². The van der Waals surface area contributed by atoms with Gasteiger partial charge in [-0.15, -0.1) is 0 Å². The number of nitrogens with one attached hydrogen (secondary N) is 1. The zero-order valence-electron chi connectivity index (χ0n) is 15.2. The SMILES string of the molecule is O=C(COc1ccccc1)Nc1ccc(-c2cc3ccccc3oc2=O)c(Cl)c1. The lowest BCUT2D eigenvalue weighted by molar-refractivity contribution is -0.118. The number of carbonyl (C=O) groups excluding carboxylic acids is 1. The van der Waals surface area contributed by atoms with Crippen LogP contribution in [0.5, 0.6) is 5.75 Å². The number of hydrogen-bond donors (Lipinski definition) is 1. The van der Waals surface area contributed by atoms with Gasteiger partial charge in [0.15, 0.2) is 6.61 Å². The molecule has 4 rings (SSSR count). The van der Waals surface area contributed by atoms with Crippen LogP contribution in [0, 0.1) is 0 Å². The largest absolute Gasteiger partial charge is 0.484 e. The molecule has 0 aliphatic heterocycles. The molecule has 0 unspecified atom stereocenters. The van der Waals surface area contributed by atoms with E-state index >= 15 is 0 Å². The first-order valence-corrected chi connectivity index (χ1v) is 9.28. The van der Waals surface area contributed by atoms with Gasteiger partial charge in [-0.05, 0) is 36.4 Å². The van der Waals surface area contributed by atoms with Crippen LogP contribution >= 0.6 is 11.6 Å². The van der Waals surface area contributed by atoms with Gasteiger partial charge in [-0.3, -0.25) is 4.79 Å². The molecule has 6 heteroatoms. The Labute approximate surface area is 171 Å². The summed E-state index contributed by atoms with van der Waals surface area (Å²) in [5, 5.41) is 3.85. The van der Waals surface area contributed by atoms with E-state index in [2.05, 4.69) is 5.32 Å². The Balaban J connectivity index is 1.51. The lowest BCUT2D eigenvalue weighted by Gasteiger charge is -2.10. The fourth-order valence-electron chi connectivity index (χ4n) is 2.92. The van der Waals surface area contributed by atoms with Crippen LogP contribution in [0.1, 0.15) is 0 Å². The minimum atomic E-state index is -0.473. The van der Waals surface area contributed by atoms with E-state index in [9.17, 15) is 9.59 Å². The summed E-state index contributed by atoms with van der Waals surface area (Å²) in [5.41, 5.74) is 1.44. The van der Waals surface area contributed by atoms with Gasteiger partial charge in [0.25, 0.3) is 5.91 Å². The first-order chi connectivity index (χ1) is 14.1. The molecule has 0 saturated heterocycles. The molecule has 0 atom stereocenters. The molecule has 0 saturated carbocycles. The zero-order chi connectivity index (χ0) is 20.2. The summed E-state index contributed by atoms with van der Waals surface area (Å²) in [6, 6.07) is 23.0. The smallest absolute Gasteiger partial charge is 0.344 e. The van der Waals surface area contributed by atoms with Gasteiger partial charge >= 0.3 is 5.63 Å². The first kappa shape index (κ1) is 18.8. The highest BCUT2D eigenvalue weighted by Gasteiger charge is 2.12. The van der Waals surface area contributed by atoms with Crippen LogP contribution in [0.2, 0.25) is 5.02 Å². The molecule has 0 spiro atoms. The van der Waals surface area contributed by atoms with E-state index in [1.807, 2.05) is 30.3 Å². The molecule has 0 bridgehead atoms. The van der Waals surface area contributed by atoms with Crippen molar-refractivity contribution in [3.05, 3.63) is 94.3 Å². The summed E-state index contributed by atoms with van der Waals surface area (Å²) in [6.45, 7) is -0.127. The second kappa shape index (κ2) is 8.20. The van der Waals surface area contributed by atoms with Crippen LogP contribution in [0.25, 0.3) is 22.1 Å². The molecule has 0 fully saturated rings. The number of para-hydroxylation sites is 2. The molecule has 1 N–H and O–H groups in total. The van der Waals surface area contributed by atoms with Gasteiger partial charge in [0.05, 0.1) is 10.6 Å². The average molecular weight is 406 g/mol. The Hall–Kier alpha value is -3.57. The van der Waals surface area contributed by atoms with Crippen molar-refractivity contribution in [1.82, 2.24) is 0 Å². The Kier molecular flexibility index (Phi) is 5.31. The number of hydrogen-bond acceptors (Lipinski definition) is 4. The number of benzene rings is 3. The summed E-state index contributed by atoms with van der Waals surface area (Å²) in [4.78, 5) is 24.5. The minimum absolute atomic E-state index is 0.127. The van der Waals surface area contributed by atoms with Gasteiger partial charge in [0.1, 0.15) is 11.3 Å². The average Bonchev–Trinajstić information content (AvgIpc) is 2.73. The first-order valence-electron chi connectivity index (χ1n) is 8.91. The van der Waals surface area contributed by atoms with Crippen molar-refractivity contribution in [2.24, 2.45) is 0 Å². The van der Waals surface area contributed by atoms with Crippen LogP contribution in [-0.4, -0.2) is 12.5 Å². The summed E-state index contributed by atoms with van der Waals surface area (Å²) in [6.07, 6.45) is 0. The number of amides is 1. The molecule has 0 aliphatic carbocycles. The van der Waals surface area contributed by atoms with Crippen LogP contribution in [0.3, 0.4) is 0 Å². The van der Waals surface area contributed by atoms with Gasteiger partial charge in [0, 0.05) is 16.6 Å². The Bertz CT molecular complexity index is 1230. The molecule has 3 aromatic carbocycles. The van der Waals surface area contributed by atoms with E-state index in [0.29, 0.717) is 33.2 Å². The van der Waals surface area contributed by atoms with E-state index in [1.54, 1.807) is 48.5 Å². The van der Waals surface area contributed by atoms with E-state index in [-0.39, 0.29) is 12.5 Å². The topological polar surface area (TPSA) is 68.5 Å². The molecule has 1 heterocycles. The van der Waals surface area contributed by atoms with Gasteiger partial charge in [0.2, 0.25) is 0 Å². The third-order valence-electron chi connectivity index (χ3n) is 4.30. The highest BCUT2D eigenvalue weighted by atomic mass is 35.5. The molecular formula is C23H16ClNO4. The lowest BCUT2D eigenvalue weighted by atomic mass is 10.1. The molecule has 0 aliphatic rings. The van der Waals surface area contributed by atoms with E-state index in [0.717, 1.165) is 5.39 Å². The van der Waals surface area contributed by atoms with Crippen LogP contribution < -0.4 is 15.7 Å². The van der Waals surface area contributed by atoms with Crippen molar-refractivity contribution in [2.45, 2.75) is 0 Å². The fourth-order valence-corrected chi connectivity index (χ4v) is 3.21. The van der Waals surface area contributed by atoms with Crippen molar-refractivity contribution in [1.29, 1.82) is 0 Å². The number of halogens is 1. The molecule has 0 radical (unpaired) electrons. The van der Waals surface area contributed by atoms with Crippen molar-refractivity contribution in [3.8, 4) is 16.9 Å². The number of fused-ring (bicyclic) bond motifs is 1. The quantitative estimate of drug-likeness (QED) is 0.467. The Morgan fingerprint density at radius 1 is 0.931 bits per heavy atom. The number of rotatable bonds is 5. The van der Waals surface area contributed by atoms with Crippen molar-refractivity contribution >= 4 is 34.2 Å². The summed E-state index contributed by atoms with van der Waals surface area (Å²) < 4.78 is 10.8. The van der Waals surface area contributed by atoms with Crippen molar-refractivity contribution in [2.75, 3.05) is 11.9 Å². The van der Waals surface area contributed by atoms with Crippen LogP contribution in [0.15, 0.2) is 88.1 Å². The number of ether oxygens (including phenoxy) is 1. The number of anilines is 1. The van der Waals surface area contributed by atoms with Crippen molar-refractivity contribution < 1.29 is 13.9 Å². The zero-order valence-corrected chi connectivity index (χ0v) is 16.0. The molecule has 144 valence electrons. The number of carbonyl (C=O) groups is 1. The maximum absolute atomic E-state index is 12.4. The molecule has 1 aromatic heterocycles. The van der Waals surface area contributed by atoms with Gasteiger partial charge in [-0.25, -0.2) is 4.79 Å². The molecule has 5 nitrogen and oxygen atoms in total.